The minimum Gasteiger partial charge on any atom is -0.452 e. The van der Waals surface area contributed by atoms with Gasteiger partial charge in [0.05, 0.1) is 5.56 Å². The van der Waals surface area contributed by atoms with E-state index in [9.17, 15) is 9.59 Å². The van der Waals surface area contributed by atoms with Gasteiger partial charge >= 0.3 is 5.97 Å². The van der Waals surface area contributed by atoms with Gasteiger partial charge in [-0.05, 0) is 52.7 Å². The van der Waals surface area contributed by atoms with Crippen molar-refractivity contribution in [3.8, 4) is 0 Å². The summed E-state index contributed by atoms with van der Waals surface area (Å²) < 4.78 is 6.57. The maximum Gasteiger partial charge on any atom is 0.340 e. The molecular weight excluding hydrogens is 416 g/mol. The monoisotopic (exact) mass is 426 g/mol. The second-order valence-corrected chi connectivity index (χ2v) is 6.25. The molecule has 0 bridgehead atoms. The highest BCUT2D eigenvalue weighted by Crippen LogP contribution is 2.20. The largest absolute Gasteiger partial charge is 0.452 e. The number of ether oxygens (including phenoxy) is 1. The summed E-state index contributed by atoms with van der Waals surface area (Å²) in [5.74, 6) is -1.01. The number of aryl methyl sites for hydroxylation is 1. The predicted molar refractivity (Wildman–Crippen MR) is 89.7 cm³/mol. The number of hydrogen-bond donors (Lipinski definition) is 1. The number of nitrogens with zero attached hydrogens (tertiary/aromatic N) is 1. The minimum atomic E-state index is -0.601. The lowest BCUT2D eigenvalue weighted by atomic mass is 10.2. The van der Waals surface area contributed by atoms with Crippen molar-refractivity contribution in [1.29, 1.82) is 0 Å². The van der Waals surface area contributed by atoms with Crippen LogP contribution in [0.2, 0.25) is 0 Å². The van der Waals surface area contributed by atoms with Gasteiger partial charge in [0.1, 0.15) is 0 Å². The highest BCUT2D eigenvalue weighted by atomic mass is 79.9. The van der Waals surface area contributed by atoms with Crippen LogP contribution in [0.4, 0.5) is 5.69 Å². The first kappa shape index (κ1) is 16.6. The number of esters is 1. The summed E-state index contributed by atoms with van der Waals surface area (Å²) in [5.41, 5.74) is 1.92. The van der Waals surface area contributed by atoms with E-state index in [0.717, 1.165) is 10.0 Å². The van der Waals surface area contributed by atoms with E-state index >= 15 is 0 Å². The van der Waals surface area contributed by atoms with Crippen molar-refractivity contribution < 1.29 is 14.3 Å². The van der Waals surface area contributed by atoms with Gasteiger partial charge in [0.2, 0.25) is 0 Å². The number of aromatic nitrogens is 1. The van der Waals surface area contributed by atoms with E-state index in [0.29, 0.717) is 10.2 Å². The highest BCUT2D eigenvalue weighted by Gasteiger charge is 2.11. The van der Waals surface area contributed by atoms with E-state index in [1.165, 1.54) is 6.20 Å². The first-order valence-corrected chi connectivity index (χ1v) is 7.88. The van der Waals surface area contributed by atoms with Gasteiger partial charge in [-0.1, -0.05) is 15.9 Å². The van der Waals surface area contributed by atoms with E-state index < -0.39 is 11.9 Å². The first-order valence-electron chi connectivity index (χ1n) is 6.29. The fourth-order valence-corrected chi connectivity index (χ4v) is 2.27. The van der Waals surface area contributed by atoms with Gasteiger partial charge in [-0.2, -0.15) is 0 Å². The summed E-state index contributed by atoms with van der Waals surface area (Å²) in [6.45, 7) is 1.56. The van der Waals surface area contributed by atoms with Crippen LogP contribution in [0.3, 0.4) is 0 Å². The van der Waals surface area contributed by atoms with Gasteiger partial charge in [0.25, 0.3) is 5.91 Å². The minimum absolute atomic E-state index is 0.279. The SMILES string of the molecule is Cc1cc(NC(=O)COC(=O)c2cncc(Br)c2)ccc1Br. The number of amides is 1. The molecule has 1 aromatic carbocycles. The lowest BCUT2D eigenvalue weighted by molar-refractivity contribution is -0.119. The molecule has 0 unspecified atom stereocenters. The summed E-state index contributed by atoms with van der Waals surface area (Å²) in [7, 11) is 0. The quantitative estimate of drug-likeness (QED) is 0.755. The third-order valence-electron chi connectivity index (χ3n) is 2.72. The molecule has 0 fully saturated rings. The average molecular weight is 428 g/mol. The standard InChI is InChI=1S/C15H12Br2N2O3/c1-9-4-12(2-3-13(9)17)19-14(20)8-22-15(21)10-5-11(16)7-18-6-10/h2-7H,8H2,1H3,(H,19,20). The molecule has 5 nitrogen and oxygen atoms in total. The van der Waals surface area contributed by atoms with Crippen molar-refractivity contribution in [2.24, 2.45) is 0 Å². The number of halogens is 2. The number of benzene rings is 1. The van der Waals surface area contributed by atoms with Crippen LogP contribution in [0.15, 0.2) is 45.6 Å². The lowest BCUT2D eigenvalue weighted by Crippen LogP contribution is -2.21. The Morgan fingerprint density at radius 1 is 1.23 bits per heavy atom. The number of hydrogen-bond acceptors (Lipinski definition) is 4. The molecular formula is C15H12Br2N2O3. The van der Waals surface area contributed by atoms with Crippen molar-refractivity contribution in [3.05, 3.63) is 56.7 Å². The fourth-order valence-electron chi connectivity index (χ4n) is 1.66. The topological polar surface area (TPSA) is 68.3 Å². The van der Waals surface area contributed by atoms with E-state index in [2.05, 4.69) is 42.2 Å². The molecule has 1 amide bonds. The molecule has 0 saturated carbocycles. The van der Waals surface area contributed by atoms with Crippen LogP contribution in [0.5, 0.6) is 0 Å². The van der Waals surface area contributed by atoms with E-state index in [1.807, 2.05) is 19.1 Å². The maximum atomic E-state index is 11.8. The fraction of sp³-hybridized carbons (Fsp3) is 0.133. The van der Waals surface area contributed by atoms with E-state index in [-0.39, 0.29) is 12.2 Å². The molecule has 0 saturated heterocycles. The van der Waals surface area contributed by atoms with Crippen LogP contribution in [-0.4, -0.2) is 23.5 Å². The van der Waals surface area contributed by atoms with Gasteiger partial charge in [0.15, 0.2) is 6.61 Å². The Balaban J connectivity index is 1.90. The summed E-state index contributed by atoms with van der Waals surface area (Å²) in [6, 6.07) is 6.99. The van der Waals surface area contributed by atoms with E-state index in [1.54, 1.807) is 18.3 Å². The Morgan fingerprint density at radius 3 is 2.68 bits per heavy atom. The molecule has 0 atom stereocenters. The number of nitrogens with one attached hydrogen (secondary N) is 1. The lowest BCUT2D eigenvalue weighted by Gasteiger charge is -2.08. The normalized spacial score (nSPS) is 10.1. The van der Waals surface area contributed by atoms with E-state index in [4.69, 9.17) is 4.74 Å². The van der Waals surface area contributed by atoms with Gasteiger partial charge in [0, 0.05) is 27.0 Å². The van der Waals surface area contributed by atoms with Crippen LogP contribution in [0.1, 0.15) is 15.9 Å². The van der Waals surface area contributed by atoms with Crippen molar-refractivity contribution in [2.45, 2.75) is 6.92 Å². The summed E-state index contributed by atoms with van der Waals surface area (Å²) in [4.78, 5) is 27.4. The average Bonchev–Trinajstić information content (AvgIpc) is 2.48. The van der Waals surface area contributed by atoms with Crippen LogP contribution in [0.25, 0.3) is 0 Å². The van der Waals surface area contributed by atoms with Crippen LogP contribution < -0.4 is 5.32 Å². The molecule has 0 spiro atoms. The second-order valence-electron chi connectivity index (χ2n) is 4.48. The Kier molecular flexibility index (Phi) is 5.68. The van der Waals surface area contributed by atoms with Crippen molar-refractivity contribution >= 4 is 49.4 Å². The molecule has 7 heteroatoms. The summed E-state index contributed by atoms with van der Waals surface area (Å²) >= 11 is 6.60. The van der Waals surface area contributed by atoms with Crippen LogP contribution in [-0.2, 0) is 9.53 Å². The second kappa shape index (κ2) is 7.51. The van der Waals surface area contributed by atoms with Gasteiger partial charge < -0.3 is 10.1 Å². The number of pyridine rings is 1. The zero-order chi connectivity index (χ0) is 16.1. The Bertz CT molecular complexity index is 720. The number of rotatable bonds is 4. The molecule has 2 aromatic rings. The zero-order valence-electron chi connectivity index (χ0n) is 11.6. The number of anilines is 1. The molecule has 1 heterocycles. The molecule has 0 aliphatic rings. The molecule has 1 N–H and O–H groups in total. The third kappa shape index (κ3) is 4.64. The first-order chi connectivity index (χ1) is 10.5. The summed E-state index contributed by atoms with van der Waals surface area (Å²) in [5, 5.41) is 2.67. The Hall–Kier alpha value is -1.73. The van der Waals surface area contributed by atoms with Crippen LogP contribution >= 0.6 is 31.9 Å². The van der Waals surface area contributed by atoms with Crippen molar-refractivity contribution in [3.63, 3.8) is 0 Å². The maximum absolute atomic E-state index is 11.8. The van der Waals surface area contributed by atoms with Crippen molar-refractivity contribution in [1.82, 2.24) is 4.98 Å². The molecule has 2 rings (SSSR count). The molecule has 114 valence electrons. The number of carbonyl (C=O) groups excluding carboxylic acids is 2. The van der Waals surface area contributed by atoms with Gasteiger partial charge in [-0.25, -0.2) is 4.79 Å². The van der Waals surface area contributed by atoms with Gasteiger partial charge in [-0.3, -0.25) is 9.78 Å². The molecule has 22 heavy (non-hydrogen) atoms. The van der Waals surface area contributed by atoms with Crippen LogP contribution in [0, 0.1) is 6.92 Å². The smallest absolute Gasteiger partial charge is 0.340 e. The molecule has 0 radical (unpaired) electrons. The molecule has 0 aliphatic heterocycles. The molecule has 1 aromatic heterocycles. The number of carbonyl (C=O) groups is 2. The highest BCUT2D eigenvalue weighted by molar-refractivity contribution is 9.10. The Morgan fingerprint density at radius 2 is 2.00 bits per heavy atom. The zero-order valence-corrected chi connectivity index (χ0v) is 14.8. The Labute approximate surface area is 144 Å². The third-order valence-corrected chi connectivity index (χ3v) is 4.04. The van der Waals surface area contributed by atoms with Crippen molar-refractivity contribution in [2.75, 3.05) is 11.9 Å². The van der Waals surface area contributed by atoms with Gasteiger partial charge in [-0.15, -0.1) is 0 Å². The predicted octanol–water partition coefficient (Wildman–Crippen LogP) is 3.71. The molecule has 0 aliphatic carbocycles. The summed E-state index contributed by atoms with van der Waals surface area (Å²) in [6.07, 6.45) is 2.93.